The van der Waals surface area contributed by atoms with Crippen LogP contribution in [0.1, 0.15) is 297 Å². The summed E-state index contributed by atoms with van der Waals surface area (Å²) in [5, 5.41) is 0. The second-order valence-electron chi connectivity index (χ2n) is 18.8. The van der Waals surface area contributed by atoms with Crippen LogP contribution in [0.4, 0.5) is 0 Å². The Bertz CT molecular complexity index is 1080. The van der Waals surface area contributed by atoms with Crippen molar-refractivity contribution in [3.8, 4) is 0 Å². The van der Waals surface area contributed by atoms with Gasteiger partial charge in [-0.3, -0.25) is 14.4 Å². The van der Waals surface area contributed by atoms with Crippen LogP contribution in [0.25, 0.3) is 0 Å². The lowest BCUT2D eigenvalue weighted by atomic mass is 10.0. The molecule has 64 heavy (non-hydrogen) atoms. The average molecular weight is 899 g/mol. The molecule has 0 fully saturated rings. The van der Waals surface area contributed by atoms with E-state index in [0.717, 1.165) is 83.5 Å². The number of carbonyl (C=O) groups is 3. The van der Waals surface area contributed by atoms with Gasteiger partial charge < -0.3 is 14.2 Å². The van der Waals surface area contributed by atoms with Crippen LogP contribution in [0.2, 0.25) is 0 Å². The fourth-order valence-electron chi connectivity index (χ4n) is 8.22. The number of hydrogen-bond acceptors (Lipinski definition) is 6. The maximum Gasteiger partial charge on any atom is 0.306 e. The molecule has 0 N–H and O–H groups in total. The third-order valence-corrected chi connectivity index (χ3v) is 12.4. The van der Waals surface area contributed by atoms with Crippen molar-refractivity contribution in [3.05, 3.63) is 36.5 Å². The first kappa shape index (κ1) is 61.6. The molecule has 374 valence electrons. The van der Waals surface area contributed by atoms with Crippen molar-refractivity contribution in [2.45, 2.75) is 303 Å². The van der Waals surface area contributed by atoms with E-state index < -0.39 is 6.10 Å². The summed E-state index contributed by atoms with van der Waals surface area (Å²) in [6.45, 7) is 6.54. The molecule has 6 nitrogen and oxygen atoms in total. The van der Waals surface area contributed by atoms with Gasteiger partial charge in [-0.2, -0.15) is 0 Å². The zero-order valence-electron chi connectivity index (χ0n) is 42.8. The van der Waals surface area contributed by atoms with Gasteiger partial charge in [0.1, 0.15) is 13.2 Å². The van der Waals surface area contributed by atoms with E-state index >= 15 is 0 Å². The van der Waals surface area contributed by atoms with E-state index in [1.165, 1.54) is 173 Å². The van der Waals surface area contributed by atoms with Gasteiger partial charge in [-0.15, -0.1) is 0 Å². The van der Waals surface area contributed by atoms with Crippen LogP contribution in [0.3, 0.4) is 0 Å². The highest BCUT2D eigenvalue weighted by Crippen LogP contribution is 2.17. The number of carbonyl (C=O) groups excluding carboxylic acids is 3. The van der Waals surface area contributed by atoms with Crippen molar-refractivity contribution in [2.24, 2.45) is 0 Å². The number of unbranched alkanes of at least 4 members (excludes halogenated alkanes) is 34. The van der Waals surface area contributed by atoms with E-state index in [-0.39, 0.29) is 31.1 Å². The smallest absolute Gasteiger partial charge is 0.306 e. The molecule has 0 heterocycles. The predicted octanol–water partition coefficient (Wildman–Crippen LogP) is 18.5. The summed E-state index contributed by atoms with van der Waals surface area (Å²) in [6.07, 6.45) is 62.8. The van der Waals surface area contributed by atoms with Gasteiger partial charge in [-0.05, 0) is 51.4 Å². The molecule has 0 aliphatic heterocycles. The second kappa shape index (κ2) is 53.2. The fraction of sp³-hybridized carbons (Fsp3) is 0.845. The summed E-state index contributed by atoms with van der Waals surface area (Å²) in [6, 6.07) is 0. The molecule has 0 saturated carbocycles. The van der Waals surface area contributed by atoms with Crippen LogP contribution in [0.5, 0.6) is 0 Å². The van der Waals surface area contributed by atoms with Gasteiger partial charge in [-0.25, -0.2) is 0 Å². The zero-order chi connectivity index (χ0) is 46.5. The fourth-order valence-corrected chi connectivity index (χ4v) is 8.22. The lowest BCUT2D eigenvalue weighted by Crippen LogP contribution is -2.30. The highest BCUT2D eigenvalue weighted by molar-refractivity contribution is 5.71. The Morgan fingerprint density at radius 1 is 0.328 bits per heavy atom. The number of hydrogen-bond donors (Lipinski definition) is 0. The molecule has 0 bridgehead atoms. The molecule has 0 aliphatic carbocycles. The first-order valence-corrected chi connectivity index (χ1v) is 28.0. The largest absolute Gasteiger partial charge is 0.462 e. The van der Waals surface area contributed by atoms with E-state index in [1.807, 2.05) is 0 Å². The van der Waals surface area contributed by atoms with Crippen molar-refractivity contribution in [1.82, 2.24) is 0 Å². The van der Waals surface area contributed by atoms with Gasteiger partial charge in [0.2, 0.25) is 0 Å². The maximum absolute atomic E-state index is 12.8. The van der Waals surface area contributed by atoms with Crippen LogP contribution in [-0.2, 0) is 28.6 Å². The first-order chi connectivity index (χ1) is 31.5. The Morgan fingerprint density at radius 3 is 0.953 bits per heavy atom. The van der Waals surface area contributed by atoms with Gasteiger partial charge in [0.05, 0.1) is 0 Å². The van der Waals surface area contributed by atoms with Crippen LogP contribution in [-0.4, -0.2) is 37.2 Å². The van der Waals surface area contributed by atoms with Gasteiger partial charge in [-0.1, -0.05) is 263 Å². The minimum Gasteiger partial charge on any atom is -0.462 e. The minimum atomic E-state index is -0.782. The molecule has 0 aliphatic rings. The molecule has 0 amide bonds. The van der Waals surface area contributed by atoms with Crippen molar-refractivity contribution in [3.63, 3.8) is 0 Å². The standard InChI is InChI=1S/C58H106O6/c1-4-7-10-13-16-19-22-25-26-27-28-29-30-31-34-36-39-42-45-48-51-57(60)63-54-55(64-58(61)52-49-46-43-40-37-33-24-21-18-15-12-9-6-3)53-62-56(59)50-47-44-41-38-35-32-23-20-17-14-11-8-5-2/h9,12,18,21,33,37,55H,4-8,10-11,13-17,19-20,22-32,34-36,38-54H2,1-3H3/b12-9-,21-18-,37-33-. The molecular formula is C58H106O6. The van der Waals surface area contributed by atoms with Gasteiger partial charge >= 0.3 is 17.9 Å². The summed E-state index contributed by atoms with van der Waals surface area (Å²) in [7, 11) is 0. The van der Waals surface area contributed by atoms with Crippen LogP contribution in [0, 0.1) is 0 Å². The molecule has 0 aromatic carbocycles. The van der Waals surface area contributed by atoms with Gasteiger partial charge in [0.25, 0.3) is 0 Å². The molecule has 1 unspecified atom stereocenters. The lowest BCUT2D eigenvalue weighted by Gasteiger charge is -2.18. The highest BCUT2D eigenvalue weighted by Gasteiger charge is 2.19. The van der Waals surface area contributed by atoms with Crippen LogP contribution >= 0.6 is 0 Å². The summed E-state index contributed by atoms with van der Waals surface area (Å²) in [5.41, 5.74) is 0. The number of esters is 3. The molecule has 1 atom stereocenters. The topological polar surface area (TPSA) is 78.9 Å². The Hall–Kier alpha value is -2.37. The Kier molecular flexibility index (Phi) is 51.3. The molecule has 0 rings (SSSR count). The highest BCUT2D eigenvalue weighted by atomic mass is 16.6. The molecular weight excluding hydrogens is 793 g/mol. The molecule has 0 aromatic rings. The Morgan fingerprint density at radius 2 is 0.609 bits per heavy atom. The molecule has 0 radical (unpaired) electrons. The quantitative estimate of drug-likeness (QED) is 0.0262. The van der Waals surface area contributed by atoms with E-state index in [0.29, 0.717) is 19.3 Å². The van der Waals surface area contributed by atoms with E-state index in [9.17, 15) is 14.4 Å². The summed E-state index contributed by atoms with van der Waals surface area (Å²) in [4.78, 5) is 38.0. The number of ether oxygens (including phenoxy) is 3. The zero-order valence-corrected chi connectivity index (χ0v) is 42.8. The van der Waals surface area contributed by atoms with Crippen LogP contribution < -0.4 is 0 Å². The predicted molar refractivity (Wildman–Crippen MR) is 275 cm³/mol. The number of allylic oxidation sites excluding steroid dienone is 6. The Balaban J connectivity index is 4.29. The SMILES string of the molecule is CC/C=C\C/C=C\C/C=C\CCCCCC(=O)OC(COC(=O)CCCCCCCCCCCCCCC)COC(=O)CCCCCCCCCCCCCCCCCCCCCC. The number of rotatable bonds is 51. The van der Waals surface area contributed by atoms with Gasteiger partial charge in [0, 0.05) is 19.3 Å². The third-order valence-electron chi connectivity index (χ3n) is 12.4. The third kappa shape index (κ3) is 50.6. The average Bonchev–Trinajstić information content (AvgIpc) is 3.29. The minimum absolute atomic E-state index is 0.0794. The first-order valence-electron chi connectivity index (χ1n) is 28.0. The van der Waals surface area contributed by atoms with E-state index in [4.69, 9.17) is 14.2 Å². The van der Waals surface area contributed by atoms with Crippen molar-refractivity contribution in [2.75, 3.05) is 13.2 Å². The summed E-state index contributed by atoms with van der Waals surface area (Å²) < 4.78 is 16.8. The second-order valence-corrected chi connectivity index (χ2v) is 18.8. The van der Waals surface area contributed by atoms with Crippen LogP contribution in [0.15, 0.2) is 36.5 Å². The van der Waals surface area contributed by atoms with Crippen molar-refractivity contribution < 1.29 is 28.6 Å². The maximum atomic E-state index is 12.8. The van der Waals surface area contributed by atoms with E-state index in [1.54, 1.807) is 0 Å². The van der Waals surface area contributed by atoms with E-state index in [2.05, 4.69) is 57.2 Å². The summed E-state index contributed by atoms with van der Waals surface area (Å²) >= 11 is 0. The molecule has 0 saturated heterocycles. The van der Waals surface area contributed by atoms with Crippen molar-refractivity contribution >= 4 is 17.9 Å². The lowest BCUT2D eigenvalue weighted by molar-refractivity contribution is -0.167. The Labute approximate surface area is 397 Å². The molecule has 6 heteroatoms. The molecule has 0 aromatic heterocycles. The monoisotopic (exact) mass is 899 g/mol. The van der Waals surface area contributed by atoms with Crippen molar-refractivity contribution in [1.29, 1.82) is 0 Å². The summed E-state index contributed by atoms with van der Waals surface area (Å²) in [5.74, 6) is -0.893. The normalized spacial score (nSPS) is 12.2. The van der Waals surface area contributed by atoms with Gasteiger partial charge in [0.15, 0.2) is 6.10 Å². The molecule has 0 spiro atoms.